The molecule has 4 nitrogen and oxygen atoms in total. The third kappa shape index (κ3) is 2.61. The summed E-state index contributed by atoms with van der Waals surface area (Å²) >= 11 is 0. The molecule has 0 bridgehead atoms. The van der Waals surface area contributed by atoms with Gasteiger partial charge in [-0.05, 0) is 18.2 Å². The number of hydrogen-bond donors (Lipinski definition) is 1. The second-order valence-corrected chi connectivity index (χ2v) is 4.09. The molecule has 0 unspecified atom stereocenters. The minimum Gasteiger partial charge on any atom is -0.351 e. The molecule has 1 aromatic carbocycles. The van der Waals surface area contributed by atoms with E-state index in [-0.39, 0.29) is 30.1 Å². The summed E-state index contributed by atoms with van der Waals surface area (Å²) in [5.74, 6) is -0.642. The molecule has 1 heterocycles. The molecule has 90 valence electrons. The van der Waals surface area contributed by atoms with Crippen LogP contribution in [0.1, 0.15) is 13.3 Å². The van der Waals surface area contributed by atoms with Gasteiger partial charge in [0, 0.05) is 25.6 Å². The highest BCUT2D eigenvalue weighted by molar-refractivity contribution is 5.96. The van der Waals surface area contributed by atoms with Crippen molar-refractivity contribution in [3.8, 4) is 0 Å². The van der Waals surface area contributed by atoms with Crippen LogP contribution in [0.3, 0.4) is 0 Å². The zero-order valence-corrected chi connectivity index (χ0v) is 9.44. The molecule has 1 aliphatic heterocycles. The van der Waals surface area contributed by atoms with E-state index in [1.165, 1.54) is 24.0 Å². The van der Waals surface area contributed by atoms with Gasteiger partial charge < -0.3 is 10.2 Å². The van der Waals surface area contributed by atoms with Gasteiger partial charge in [-0.25, -0.2) is 4.39 Å². The molecule has 1 aromatic rings. The number of benzene rings is 1. The molecule has 0 radical (unpaired) electrons. The second-order valence-electron chi connectivity index (χ2n) is 4.09. The first-order chi connectivity index (χ1) is 8.06. The summed E-state index contributed by atoms with van der Waals surface area (Å²) in [5.41, 5.74) is 0.530. The molecular formula is C12H13FN2O2. The Morgan fingerprint density at radius 2 is 2.29 bits per heavy atom. The number of rotatable bonds is 2. The van der Waals surface area contributed by atoms with Crippen molar-refractivity contribution >= 4 is 17.5 Å². The van der Waals surface area contributed by atoms with E-state index in [1.54, 1.807) is 12.1 Å². The fourth-order valence-electron chi connectivity index (χ4n) is 1.99. The van der Waals surface area contributed by atoms with Gasteiger partial charge >= 0.3 is 0 Å². The SMILES string of the molecule is CC(=O)N[C@@H]1CC(=O)N(c2cccc(F)c2)C1. The first-order valence-corrected chi connectivity index (χ1v) is 5.39. The topological polar surface area (TPSA) is 49.4 Å². The molecule has 5 heteroatoms. The molecule has 1 fully saturated rings. The number of nitrogens with one attached hydrogen (secondary N) is 1. The van der Waals surface area contributed by atoms with Crippen LogP contribution >= 0.6 is 0 Å². The molecule has 1 N–H and O–H groups in total. The van der Waals surface area contributed by atoms with Gasteiger partial charge in [0.05, 0.1) is 6.04 Å². The van der Waals surface area contributed by atoms with Crippen LogP contribution in [0, 0.1) is 5.82 Å². The average Bonchev–Trinajstić information content (AvgIpc) is 2.58. The average molecular weight is 236 g/mol. The molecule has 2 amide bonds. The van der Waals surface area contributed by atoms with Crippen LogP contribution in [0.5, 0.6) is 0 Å². The van der Waals surface area contributed by atoms with Gasteiger partial charge in [0.1, 0.15) is 5.82 Å². The summed E-state index contributed by atoms with van der Waals surface area (Å²) in [6.45, 7) is 1.80. The fourth-order valence-corrected chi connectivity index (χ4v) is 1.99. The molecule has 0 aromatic heterocycles. The lowest BCUT2D eigenvalue weighted by molar-refractivity contribution is -0.119. The smallest absolute Gasteiger partial charge is 0.229 e. The summed E-state index contributed by atoms with van der Waals surface area (Å²) in [6, 6.07) is 5.69. The lowest BCUT2D eigenvalue weighted by atomic mass is 10.2. The summed E-state index contributed by atoms with van der Waals surface area (Å²) in [5, 5.41) is 2.69. The van der Waals surface area contributed by atoms with E-state index in [0.717, 1.165) is 0 Å². The van der Waals surface area contributed by atoms with Gasteiger partial charge in [0.2, 0.25) is 11.8 Å². The maximum absolute atomic E-state index is 13.0. The van der Waals surface area contributed by atoms with Crippen molar-refractivity contribution in [2.24, 2.45) is 0 Å². The minimum atomic E-state index is -0.377. The maximum Gasteiger partial charge on any atom is 0.229 e. The Bertz CT molecular complexity index is 462. The van der Waals surface area contributed by atoms with Crippen LogP contribution in [0.2, 0.25) is 0 Å². The predicted molar refractivity (Wildman–Crippen MR) is 61.0 cm³/mol. The largest absolute Gasteiger partial charge is 0.351 e. The second kappa shape index (κ2) is 4.53. The first kappa shape index (κ1) is 11.6. The number of hydrogen-bond acceptors (Lipinski definition) is 2. The minimum absolute atomic E-state index is 0.102. The molecule has 2 rings (SSSR count). The van der Waals surface area contributed by atoms with Gasteiger partial charge in [-0.2, -0.15) is 0 Å². The Hall–Kier alpha value is -1.91. The number of anilines is 1. The van der Waals surface area contributed by atoms with Crippen molar-refractivity contribution in [2.75, 3.05) is 11.4 Å². The molecule has 1 aliphatic rings. The highest BCUT2D eigenvalue weighted by atomic mass is 19.1. The Morgan fingerprint density at radius 1 is 1.53 bits per heavy atom. The highest BCUT2D eigenvalue weighted by Gasteiger charge is 2.31. The number of halogens is 1. The highest BCUT2D eigenvalue weighted by Crippen LogP contribution is 2.22. The van der Waals surface area contributed by atoms with E-state index >= 15 is 0 Å². The quantitative estimate of drug-likeness (QED) is 0.835. The van der Waals surface area contributed by atoms with Crippen molar-refractivity contribution in [2.45, 2.75) is 19.4 Å². The molecule has 0 spiro atoms. The number of amides is 2. The van der Waals surface area contributed by atoms with Crippen LogP contribution in [0.4, 0.5) is 10.1 Å². The van der Waals surface area contributed by atoms with Crippen molar-refractivity contribution in [1.82, 2.24) is 5.32 Å². The van der Waals surface area contributed by atoms with Crippen LogP contribution in [0.25, 0.3) is 0 Å². The Kier molecular flexibility index (Phi) is 3.08. The van der Waals surface area contributed by atoms with Gasteiger partial charge in [-0.3, -0.25) is 9.59 Å². The lowest BCUT2D eigenvalue weighted by Gasteiger charge is -2.16. The van der Waals surface area contributed by atoms with Gasteiger partial charge in [0.25, 0.3) is 0 Å². The maximum atomic E-state index is 13.0. The van der Waals surface area contributed by atoms with Gasteiger partial charge in [-0.1, -0.05) is 6.07 Å². The van der Waals surface area contributed by atoms with Crippen molar-refractivity contribution in [3.05, 3.63) is 30.1 Å². The van der Waals surface area contributed by atoms with Crippen LogP contribution < -0.4 is 10.2 Å². The Balaban J connectivity index is 2.13. The van der Waals surface area contributed by atoms with E-state index in [9.17, 15) is 14.0 Å². The first-order valence-electron chi connectivity index (χ1n) is 5.39. The third-order valence-corrected chi connectivity index (χ3v) is 2.65. The zero-order valence-electron chi connectivity index (χ0n) is 9.44. The summed E-state index contributed by atoms with van der Waals surface area (Å²) in [7, 11) is 0. The van der Waals surface area contributed by atoms with Gasteiger partial charge in [-0.15, -0.1) is 0 Å². The van der Waals surface area contributed by atoms with E-state index in [4.69, 9.17) is 0 Å². The van der Waals surface area contributed by atoms with E-state index in [1.807, 2.05) is 0 Å². The van der Waals surface area contributed by atoms with Crippen LogP contribution in [-0.4, -0.2) is 24.4 Å². The third-order valence-electron chi connectivity index (χ3n) is 2.65. The monoisotopic (exact) mass is 236 g/mol. The number of carbonyl (C=O) groups is 2. The molecule has 1 saturated heterocycles. The number of nitrogens with zero attached hydrogens (tertiary/aromatic N) is 1. The lowest BCUT2D eigenvalue weighted by Crippen LogP contribution is -2.35. The molecule has 0 saturated carbocycles. The van der Waals surface area contributed by atoms with Crippen molar-refractivity contribution in [3.63, 3.8) is 0 Å². The molecular weight excluding hydrogens is 223 g/mol. The summed E-state index contributed by atoms with van der Waals surface area (Å²) < 4.78 is 13.0. The standard InChI is InChI=1S/C12H13FN2O2/c1-8(16)14-10-6-12(17)15(7-10)11-4-2-3-9(13)5-11/h2-5,10H,6-7H2,1H3,(H,14,16)/t10-/m1/s1. The van der Waals surface area contributed by atoms with Crippen LogP contribution in [-0.2, 0) is 9.59 Å². The Labute approximate surface area is 98.4 Å². The van der Waals surface area contributed by atoms with E-state index in [2.05, 4.69) is 5.32 Å². The Morgan fingerprint density at radius 3 is 2.94 bits per heavy atom. The fraction of sp³-hybridized carbons (Fsp3) is 0.333. The zero-order chi connectivity index (χ0) is 12.4. The predicted octanol–water partition coefficient (Wildman–Crippen LogP) is 1.07. The summed E-state index contributed by atoms with van der Waals surface area (Å²) in [4.78, 5) is 24.1. The van der Waals surface area contributed by atoms with Crippen molar-refractivity contribution in [1.29, 1.82) is 0 Å². The van der Waals surface area contributed by atoms with Crippen molar-refractivity contribution < 1.29 is 14.0 Å². The number of carbonyl (C=O) groups excluding carboxylic acids is 2. The molecule has 0 aliphatic carbocycles. The van der Waals surface area contributed by atoms with Crippen LogP contribution in [0.15, 0.2) is 24.3 Å². The molecule has 17 heavy (non-hydrogen) atoms. The van der Waals surface area contributed by atoms with Gasteiger partial charge in [0.15, 0.2) is 0 Å². The molecule has 1 atom stereocenters. The summed E-state index contributed by atoms with van der Waals surface area (Å²) in [6.07, 6.45) is 0.260. The van der Waals surface area contributed by atoms with E-state index < -0.39 is 0 Å². The van der Waals surface area contributed by atoms with E-state index in [0.29, 0.717) is 12.2 Å². The normalized spacial score (nSPS) is 19.5.